The molecule has 2 heterocycles. The third kappa shape index (κ3) is 4.07. The van der Waals surface area contributed by atoms with Crippen molar-refractivity contribution in [2.45, 2.75) is 26.1 Å². The molecule has 0 unspecified atom stereocenters. The quantitative estimate of drug-likeness (QED) is 0.232. The van der Waals surface area contributed by atoms with Crippen LogP contribution in [0.25, 0.3) is 43.6 Å². The van der Waals surface area contributed by atoms with Gasteiger partial charge in [-0.3, -0.25) is 9.59 Å². The lowest BCUT2D eigenvalue weighted by Gasteiger charge is -2.33. The van der Waals surface area contributed by atoms with Crippen molar-refractivity contribution < 1.29 is 48.2 Å². The van der Waals surface area contributed by atoms with Crippen LogP contribution in [-0.4, -0.2) is 55.3 Å². The molecule has 1 aliphatic rings. The van der Waals surface area contributed by atoms with Crippen molar-refractivity contribution in [1.82, 2.24) is 0 Å². The molecule has 0 aliphatic carbocycles. The smallest absolute Gasteiger partial charge is 0.212 e. The standard InChI is InChI=1S/C32H28O11/c1-13-7-17(33)25-21(42-13)9-14-8-19(39-4)27(30(41-6)22(14)28(25)35)24-16-10-15(38-3)11-20(40-5)23(16)29(36)26-18(34)12-32(2,37)43-31(24)26/h7-11,35-37H,12H2,1-6H3/t32-/m0/s1. The molecule has 11 nitrogen and oxygen atoms in total. The van der Waals surface area contributed by atoms with Gasteiger partial charge in [0, 0.05) is 30.0 Å². The average Bonchev–Trinajstić information content (AvgIpc) is 2.94. The molecule has 1 aliphatic heterocycles. The first-order chi connectivity index (χ1) is 20.4. The molecular weight excluding hydrogens is 560 g/mol. The predicted molar refractivity (Wildman–Crippen MR) is 157 cm³/mol. The van der Waals surface area contributed by atoms with Crippen LogP contribution < -0.4 is 29.1 Å². The minimum atomic E-state index is -1.92. The van der Waals surface area contributed by atoms with Gasteiger partial charge in [-0.2, -0.15) is 0 Å². The Hall–Kier alpha value is -5.16. The Morgan fingerprint density at radius 1 is 0.791 bits per heavy atom. The Morgan fingerprint density at radius 2 is 1.51 bits per heavy atom. The largest absolute Gasteiger partial charge is 0.506 e. The highest BCUT2D eigenvalue weighted by Gasteiger charge is 2.41. The van der Waals surface area contributed by atoms with Crippen LogP contribution in [0.3, 0.4) is 0 Å². The average molecular weight is 589 g/mol. The SMILES string of the molecule is COc1cc(OC)c2c(O)c3c(c(-c4c(OC)cc5cc6oc(C)cc(=O)c6c(O)c5c4OC)c2c1)O[C@](C)(O)CC3=O. The number of rotatable bonds is 5. The highest BCUT2D eigenvalue weighted by molar-refractivity contribution is 6.19. The summed E-state index contributed by atoms with van der Waals surface area (Å²) >= 11 is 0. The minimum Gasteiger partial charge on any atom is -0.506 e. The monoisotopic (exact) mass is 588 g/mol. The molecule has 3 N–H and O–H groups in total. The summed E-state index contributed by atoms with van der Waals surface area (Å²) in [6, 6.07) is 7.63. The summed E-state index contributed by atoms with van der Waals surface area (Å²) < 4.78 is 34.6. The van der Waals surface area contributed by atoms with Gasteiger partial charge in [-0.25, -0.2) is 0 Å². The van der Waals surface area contributed by atoms with Gasteiger partial charge in [0.15, 0.2) is 11.2 Å². The van der Waals surface area contributed by atoms with Gasteiger partial charge in [0.1, 0.15) is 62.5 Å². The first-order valence-electron chi connectivity index (χ1n) is 13.2. The number of carbonyl (C=O) groups excluding carboxylic acids is 1. The highest BCUT2D eigenvalue weighted by atomic mass is 16.6. The summed E-state index contributed by atoms with van der Waals surface area (Å²) in [5, 5.41) is 34.9. The molecule has 6 rings (SSSR count). The Labute approximate surface area is 244 Å². The molecule has 0 saturated heterocycles. The van der Waals surface area contributed by atoms with Crippen molar-refractivity contribution in [2.24, 2.45) is 0 Å². The van der Waals surface area contributed by atoms with Gasteiger partial charge < -0.3 is 43.4 Å². The van der Waals surface area contributed by atoms with Crippen LogP contribution >= 0.6 is 0 Å². The van der Waals surface area contributed by atoms with Crippen LogP contribution in [-0.2, 0) is 0 Å². The van der Waals surface area contributed by atoms with Gasteiger partial charge >= 0.3 is 0 Å². The summed E-state index contributed by atoms with van der Waals surface area (Å²) in [5.74, 6) is -2.26. The van der Waals surface area contributed by atoms with E-state index in [-0.39, 0.29) is 61.4 Å². The van der Waals surface area contributed by atoms with Crippen LogP contribution in [0.4, 0.5) is 0 Å². The Bertz CT molecular complexity index is 2070. The van der Waals surface area contributed by atoms with Crippen molar-refractivity contribution in [3.8, 4) is 51.4 Å². The molecule has 43 heavy (non-hydrogen) atoms. The van der Waals surface area contributed by atoms with E-state index in [0.717, 1.165) is 0 Å². The first-order valence-corrected chi connectivity index (χ1v) is 13.2. The number of aryl methyl sites for hydroxylation is 1. The second-order valence-electron chi connectivity index (χ2n) is 10.5. The molecule has 0 amide bonds. The van der Waals surface area contributed by atoms with Crippen molar-refractivity contribution in [3.05, 3.63) is 51.9 Å². The fourth-order valence-electron chi connectivity index (χ4n) is 5.89. The fourth-order valence-corrected chi connectivity index (χ4v) is 5.89. The molecule has 0 bridgehead atoms. The number of phenolic OH excluding ortho intramolecular Hbond substituents is 2. The maximum atomic E-state index is 13.4. The molecule has 0 radical (unpaired) electrons. The number of phenols is 2. The lowest BCUT2D eigenvalue weighted by Crippen LogP contribution is -2.39. The van der Waals surface area contributed by atoms with E-state index in [2.05, 4.69) is 0 Å². The molecular formula is C32H28O11. The van der Waals surface area contributed by atoms with Crippen LogP contribution in [0.15, 0.2) is 39.5 Å². The number of aliphatic hydroxyl groups is 1. The van der Waals surface area contributed by atoms with Crippen molar-refractivity contribution >= 4 is 38.3 Å². The molecule has 0 spiro atoms. The van der Waals surface area contributed by atoms with E-state index in [1.807, 2.05) is 0 Å². The third-order valence-corrected chi connectivity index (χ3v) is 7.63. The summed E-state index contributed by atoms with van der Waals surface area (Å²) in [6.45, 7) is 2.96. The van der Waals surface area contributed by atoms with E-state index in [4.69, 9.17) is 28.1 Å². The number of fused-ring (bicyclic) bond motifs is 4. The predicted octanol–water partition coefficient (Wildman–Crippen LogP) is 5.19. The summed E-state index contributed by atoms with van der Waals surface area (Å²) in [5.41, 5.74) is -0.0890. The third-order valence-electron chi connectivity index (χ3n) is 7.63. The van der Waals surface area contributed by atoms with E-state index < -0.39 is 34.9 Å². The maximum absolute atomic E-state index is 13.4. The molecule has 222 valence electrons. The first kappa shape index (κ1) is 28.0. The molecule has 4 aromatic carbocycles. The second kappa shape index (κ2) is 9.70. The number of Topliss-reactive ketones (excluding diaryl/α,β-unsaturated/α-hetero) is 1. The van der Waals surface area contributed by atoms with Crippen LogP contribution in [0.5, 0.6) is 40.2 Å². The van der Waals surface area contributed by atoms with Crippen LogP contribution in [0.2, 0.25) is 0 Å². The lowest BCUT2D eigenvalue weighted by atomic mass is 9.86. The number of ether oxygens (including phenoxy) is 5. The zero-order valence-electron chi connectivity index (χ0n) is 24.2. The van der Waals surface area contributed by atoms with E-state index in [9.17, 15) is 24.9 Å². The number of carbonyl (C=O) groups is 1. The fraction of sp³-hybridized carbons (Fsp3) is 0.250. The Morgan fingerprint density at radius 3 is 2.16 bits per heavy atom. The summed E-state index contributed by atoms with van der Waals surface area (Å²) in [6.07, 6.45) is -0.426. The topological polar surface area (TPSA) is 154 Å². The minimum absolute atomic E-state index is 0.0530. The number of benzene rings is 4. The van der Waals surface area contributed by atoms with Crippen LogP contribution in [0, 0.1) is 6.92 Å². The Kier molecular flexibility index (Phi) is 6.31. The molecule has 5 aromatic rings. The number of hydrogen-bond acceptors (Lipinski definition) is 11. The van der Waals surface area contributed by atoms with Crippen molar-refractivity contribution in [1.29, 1.82) is 0 Å². The Balaban J connectivity index is 1.90. The van der Waals surface area contributed by atoms with E-state index in [1.165, 1.54) is 41.4 Å². The van der Waals surface area contributed by atoms with Gasteiger partial charge in [0.05, 0.1) is 51.2 Å². The number of aromatic hydroxyl groups is 2. The van der Waals surface area contributed by atoms with Crippen molar-refractivity contribution in [2.75, 3.05) is 28.4 Å². The zero-order chi connectivity index (χ0) is 31.0. The van der Waals surface area contributed by atoms with Gasteiger partial charge in [-0.15, -0.1) is 0 Å². The number of methoxy groups -OCH3 is 4. The maximum Gasteiger partial charge on any atom is 0.212 e. The molecule has 1 aromatic heterocycles. The number of hydrogen-bond donors (Lipinski definition) is 3. The summed E-state index contributed by atoms with van der Waals surface area (Å²) in [4.78, 5) is 26.4. The molecule has 1 atom stereocenters. The van der Waals surface area contributed by atoms with Gasteiger partial charge in [0.25, 0.3) is 0 Å². The lowest BCUT2D eigenvalue weighted by molar-refractivity contribution is -0.122. The normalized spacial score (nSPS) is 16.3. The zero-order valence-corrected chi connectivity index (χ0v) is 24.2. The van der Waals surface area contributed by atoms with Crippen molar-refractivity contribution in [3.63, 3.8) is 0 Å². The van der Waals surface area contributed by atoms with Gasteiger partial charge in [-0.05, 0) is 30.5 Å². The molecule has 0 saturated carbocycles. The molecule has 0 fully saturated rings. The number of ketones is 1. The van der Waals surface area contributed by atoms with Crippen LogP contribution in [0.1, 0.15) is 29.5 Å². The second-order valence-corrected chi connectivity index (χ2v) is 10.5. The van der Waals surface area contributed by atoms with E-state index in [1.54, 1.807) is 31.2 Å². The highest BCUT2D eigenvalue weighted by Crippen LogP contribution is 2.58. The van der Waals surface area contributed by atoms with Gasteiger partial charge in [0.2, 0.25) is 5.79 Å². The summed E-state index contributed by atoms with van der Waals surface area (Å²) in [7, 11) is 5.66. The van der Waals surface area contributed by atoms with Gasteiger partial charge in [-0.1, -0.05) is 0 Å². The van der Waals surface area contributed by atoms with E-state index in [0.29, 0.717) is 22.3 Å². The van der Waals surface area contributed by atoms with E-state index >= 15 is 0 Å². The molecule has 11 heteroatoms.